The lowest BCUT2D eigenvalue weighted by Crippen LogP contribution is -1.96. The predicted octanol–water partition coefficient (Wildman–Crippen LogP) is 2.99. The first-order valence-electron chi connectivity index (χ1n) is 6.55. The van der Waals surface area contributed by atoms with Crippen LogP contribution >= 0.6 is 0 Å². The van der Waals surface area contributed by atoms with Crippen LogP contribution in [0.25, 0.3) is 22.6 Å². The van der Waals surface area contributed by atoms with Gasteiger partial charge in [-0.25, -0.2) is 9.37 Å². The highest BCUT2D eigenvalue weighted by Gasteiger charge is 2.16. The number of nitrogens with zero attached hydrogens (tertiary/aromatic N) is 3. The van der Waals surface area contributed by atoms with Crippen molar-refractivity contribution in [1.29, 1.82) is 0 Å². The molecule has 0 saturated carbocycles. The van der Waals surface area contributed by atoms with Gasteiger partial charge in [-0.3, -0.25) is 0 Å². The van der Waals surface area contributed by atoms with Crippen LogP contribution in [0.1, 0.15) is 5.89 Å². The standard InChI is InChI=1S/C15H13FN4O2/c1-8-18-7-14(22-8)9-6-13(21)10(5-11(9)16)12-3-4-15(17-2)20-19-12/h3-7,21H,1-2H3,(H,17,20). The highest BCUT2D eigenvalue weighted by Crippen LogP contribution is 2.34. The van der Waals surface area contributed by atoms with Gasteiger partial charge in [0.2, 0.25) is 0 Å². The summed E-state index contributed by atoms with van der Waals surface area (Å²) in [6, 6.07) is 5.82. The summed E-state index contributed by atoms with van der Waals surface area (Å²) in [7, 11) is 1.72. The minimum absolute atomic E-state index is 0.114. The molecule has 0 bridgehead atoms. The van der Waals surface area contributed by atoms with E-state index in [1.807, 2.05) is 0 Å². The van der Waals surface area contributed by atoms with E-state index in [0.29, 0.717) is 17.4 Å². The number of phenols is 1. The average molecular weight is 300 g/mol. The van der Waals surface area contributed by atoms with Crippen molar-refractivity contribution in [3.8, 4) is 28.3 Å². The Morgan fingerprint density at radius 2 is 2.00 bits per heavy atom. The molecule has 0 saturated heterocycles. The van der Waals surface area contributed by atoms with E-state index in [0.717, 1.165) is 0 Å². The molecule has 2 heterocycles. The summed E-state index contributed by atoms with van der Waals surface area (Å²) in [6.45, 7) is 1.66. The molecule has 2 aromatic heterocycles. The number of phenolic OH excluding ortho intramolecular Hbond substituents is 1. The second-order valence-electron chi connectivity index (χ2n) is 4.65. The van der Waals surface area contributed by atoms with Crippen LogP contribution in [0.2, 0.25) is 0 Å². The van der Waals surface area contributed by atoms with Gasteiger partial charge < -0.3 is 14.8 Å². The molecule has 3 rings (SSSR count). The van der Waals surface area contributed by atoms with Crippen LogP contribution < -0.4 is 5.32 Å². The lowest BCUT2D eigenvalue weighted by molar-refractivity contribution is 0.474. The fraction of sp³-hybridized carbons (Fsp3) is 0.133. The van der Waals surface area contributed by atoms with Crippen molar-refractivity contribution < 1.29 is 13.9 Å². The molecule has 3 aromatic rings. The quantitative estimate of drug-likeness (QED) is 0.773. The number of aromatic hydroxyl groups is 1. The third-order valence-electron chi connectivity index (χ3n) is 3.17. The van der Waals surface area contributed by atoms with Gasteiger partial charge in [-0.05, 0) is 24.3 Å². The number of halogens is 1. The zero-order valence-electron chi connectivity index (χ0n) is 12.0. The minimum atomic E-state index is -0.538. The second-order valence-corrected chi connectivity index (χ2v) is 4.65. The summed E-state index contributed by atoms with van der Waals surface area (Å²) in [4.78, 5) is 3.92. The molecule has 7 heteroatoms. The molecule has 0 aliphatic rings. The van der Waals surface area contributed by atoms with E-state index in [2.05, 4.69) is 20.5 Å². The third kappa shape index (κ3) is 2.48. The molecule has 0 amide bonds. The van der Waals surface area contributed by atoms with Crippen LogP contribution in [0.15, 0.2) is 34.9 Å². The first-order valence-corrected chi connectivity index (χ1v) is 6.55. The molecule has 112 valence electrons. The Morgan fingerprint density at radius 3 is 2.59 bits per heavy atom. The van der Waals surface area contributed by atoms with Crippen molar-refractivity contribution in [1.82, 2.24) is 15.2 Å². The molecule has 22 heavy (non-hydrogen) atoms. The minimum Gasteiger partial charge on any atom is -0.507 e. The molecule has 6 nitrogen and oxygen atoms in total. The Kier molecular flexibility index (Phi) is 3.46. The number of aromatic nitrogens is 3. The maximum absolute atomic E-state index is 14.3. The van der Waals surface area contributed by atoms with Crippen molar-refractivity contribution in [2.45, 2.75) is 6.92 Å². The van der Waals surface area contributed by atoms with E-state index in [9.17, 15) is 9.50 Å². The molecular weight excluding hydrogens is 287 g/mol. The Hall–Kier alpha value is -2.96. The van der Waals surface area contributed by atoms with Gasteiger partial charge in [-0.15, -0.1) is 10.2 Å². The van der Waals surface area contributed by atoms with Gasteiger partial charge in [-0.1, -0.05) is 0 Å². The zero-order chi connectivity index (χ0) is 15.7. The Balaban J connectivity index is 2.05. The van der Waals surface area contributed by atoms with Crippen LogP contribution in [0.4, 0.5) is 10.2 Å². The molecule has 2 N–H and O–H groups in total. The number of rotatable bonds is 3. The predicted molar refractivity (Wildman–Crippen MR) is 78.9 cm³/mol. The number of benzene rings is 1. The molecule has 0 radical (unpaired) electrons. The highest BCUT2D eigenvalue weighted by molar-refractivity contribution is 5.73. The van der Waals surface area contributed by atoms with E-state index in [1.165, 1.54) is 18.3 Å². The molecular formula is C15H13FN4O2. The number of aryl methyl sites for hydroxylation is 1. The SMILES string of the molecule is CNc1ccc(-c2cc(F)c(-c3cnc(C)o3)cc2O)nn1. The maximum atomic E-state index is 14.3. The smallest absolute Gasteiger partial charge is 0.191 e. The van der Waals surface area contributed by atoms with Crippen LogP contribution in [0, 0.1) is 12.7 Å². The van der Waals surface area contributed by atoms with Crippen LogP contribution in [-0.4, -0.2) is 27.3 Å². The Bertz CT molecular complexity index is 815. The van der Waals surface area contributed by atoms with Crippen molar-refractivity contribution in [3.63, 3.8) is 0 Å². The fourth-order valence-electron chi connectivity index (χ4n) is 2.05. The monoisotopic (exact) mass is 300 g/mol. The van der Waals surface area contributed by atoms with Gasteiger partial charge in [0, 0.05) is 19.5 Å². The maximum Gasteiger partial charge on any atom is 0.191 e. The zero-order valence-corrected chi connectivity index (χ0v) is 12.0. The van der Waals surface area contributed by atoms with Gasteiger partial charge in [0.1, 0.15) is 17.4 Å². The normalized spacial score (nSPS) is 10.7. The average Bonchev–Trinajstić information content (AvgIpc) is 2.95. The fourth-order valence-corrected chi connectivity index (χ4v) is 2.05. The van der Waals surface area contributed by atoms with Crippen molar-refractivity contribution >= 4 is 5.82 Å². The van der Waals surface area contributed by atoms with Crippen LogP contribution in [0.5, 0.6) is 5.75 Å². The summed E-state index contributed by atoms with van der Waals surface area (Å²) in [5.41, 5.74) is 0.769. The van der Waals surface area contributed by atoms with E-state index in [1.54, 1.807) is 26.1 Å². The Labute approximate surface area is 125 Å². The van der Waals surface area contributed by atoms with Crippen LogP contribution in [-0.2, 0) is 0 Å². The van der Waals surface area contributed by atoms with Crippen LogP contribution in [0.3, 0.4) is 0 Å². The largest absolute Gasteiger partial charge is 0.507 e. The van der Waals surface area contributed by atoms with Gasteiger partial charge in [0.15, 0.2) is 11.7 Å². The molecule has 0 unspecified atom stereocenters. The summed E-state index contributed by atoms with van der Waals surface area (Å²) in [5, 5.41) is 20.8. The van der Waals surface area contributed by atoms with E-state index >= 15 is 0 Å². The van der Waals surface area contributed by atoms with E-state index < -0.39 is 5.82 Å². The highest BCUT2D eigenvalue weighted by atomic mass is 19.1. The summed E-state index contributed by atoms with van der Waals surface area (Å²) < 4.78 is 19.6. The summed E-state index contributed by atoms with van der Waals surface area (Å²) in [6.07, 6.45) is 1.41. The number of hydrogen-bond acceptors (Lipinski definition) is 6. The molecule has 0 aliphatic heterocycles. The molecule has 0 aliphatic carbocycles. The van der Waals surface area contributed by atoms with E-state index in [4.69, 9.17) is 4.42 Å². The van der Waals surface area contributed by atoms with Crippen molar-refractivity contribution in [2.24, 2.45) is 0 Å². The van der Waals surface area contributed by atoms with Crippen molar-refractivity contribution in [3.05, 3.63) is 42.2 Å². The Morgan fingerprint density at radius 1 is 1.18 bits per heavy atom. The third-order valence-corrected chi connectivity index (χ3v) is 3.17. The topological polar surface area (TPSA) is 84.1 Å². The first kappa shape index (κ1) is 14.0. The molecule has 0 fully saturated rings. The van der Waals surface area contributed by atoms with Crippen molar-refractivity contribution in [2.75, 3.05) is 12.4 Å². The number of anilines is 1. The molecule has 0 spiro atoms. The second kappa shape index (κ2) is 5.44. The number of oxazole rings is 1. The van der Waals surface area contributed by atoms with Gasteiger partial charge in [0.25, 0.3) is 0 Å². The van der Waals surface area contributed by atoms with E-state index in [-0.39, 0.29) is 22.6 Å². The number of hydrogen-bond donors (Lipinski definition) is 2. The summed E-state index contributed by atoms with van der Waals surface area (Å²) in [5.74, 6) is 0.609. The summed E-state index contributed by atoms with van der Waals surface area (Å²) >= 11 is 0. The van der Waals surface area contributed by atoms with Gasteiger partial charge in [0.05, 0.1) is 17.5 Å². The lowest BCUT2D eigenvalue weighted by Gasteiger charge is -2.07. The molecule has 0 atom stereocenters. The van der Waals surface area contributed by atoms with Gasteiger partial charge >= 0.3 is 0 Å². The van der Waals surface area contributed by atoms with Gasteiger partial charge in [-0.2, -0.15) is 0 Å². The number of nitrogens with one attached hydrogen (secondary N) is 1. The molecule has 1 aromatic carbocycles. The first-order chi connectivity index (χ1) is 10.6. The lowest BCUT2D eigenvalue weighted by atomic mass is 10.1.